The molecule has 2 rings (SSSR count). The number of nitrogens with two attached hydrogens (primary N) is 1. The van der Waals surface area contributed by atoms with Gasteiger partial charge in [-0.3, -0.25) is 4.79 Å². The minimum absolute atomic E-state index is 0.368. The molecule has 0 spiro atoms. The standard InChI is InChI=1S/C21H25ClN4O2/c1-4-5-15-11-16(22)17(26-21(27)8-9-25-13-23)12-20(15)28-19-7-6-14(2)10-18(19)24-3/h6-13,24H,4-5H2,1-3H3,(H2,23,25)(H,26,27)/b9-8+. The number of anilines is 2. The largest absolute Gasteiger partial charge is 0.455 e. The minimum atomic E-state index is -0.368. The van der Waals surface area contributed by atoms with Crippen molar-refractivity contribution in [1.29, 1.82) is 0 Å². The second-order valence-electron chi connectivity index (χ2n) is 6.14. The lowest BCUT2D eigenvalue weighted by Crippen LogP contribution is -2.09. The Balaban J connectivity index is 2.37. The van der Waals surface area contributed by atoms with Crippen LogP contribution in [0.4, 0.5) is 11.4 Å². The van der Waals surface area contributed by atoms with Crippen molar-refractivity contribution in [2.75, 3.05) is 17.7 Å². The van der Waals surface area contributed by atoms with E-state index in [0.29, 0.717) is 22.2 Å². The summed E-state index contributed by atoms with van der Waals surface area (Å²) in [5.74, 6) is 0.973. The zero-order chi connectivity index (χ0) is 20.5. The van der Waals surface area contributed by atoms with Crippen LogP contribution in [0, 0.1) is 6.92 Å². The summed E-state index contributed by atoms with van der Waals surface area (Å²) in [4.78, 5) is 15.7. The molecule has 0 saturated heterocycles. The number of benzene rings is 2. The van der Waals surface area contributed by atoms with Crippen LogP contribution < -0.4 is 21.1 Å². The number of aryl methyl sites for hydroxylation is 2. The van der Waals surface area contributed by atoms with E-state index in [1.807, 2.05) is 38.2 Å². The number of carbonyl (C=O) groups excluding carboxylic acids is 1. The van der Waals surface area contributed by atoms with Gasteiger partial charge in [0.05, 0.1) is 22.7 Å². The summed E-state index contributed by atoms with van der Waals surface area (Å²) < 4.78 is 6.18. The number of aliphatic imine (C=N–C) groups is 1. The fourth-order valence-corrected chi connectivity index (χ4v) is 2.87. The van der Waals surface area contributed by atoms with Crippen LogP contribution in [0.5, 0.6) is 11.5 Å². The van der Waals surface area contributed by atoms with E-state index in [2.05, 4.69) is 22.5 Å². The minimum Gasteiger partial charge on any atom is -0.455 e. The average molecular weight is 401 g/mol. The molecule has 4 N–H and O–H groups in total. The number of rotatable bonds is 8. The summed E-state index contributed by atoms with van der Waals surface area (Å²) in [6, 6.07) is 9.47. The topological polar surface area (TPSA) is 88.7 Å². The number of ether oxygens (including phenoxy) is 1. The van der Waals surface area contributed by atoms with Crippen molar-refractivity contribution in [3.05, 3.63) is 58.8 Å². The van der Waals surface area contributed by atoms with E-state index in [-0.39, 0.29) is 5.91 Å². The van der Waals surface area contributed by atoms with E-state index in [1.54, 1.807) is 6.07 Å². The van der Waals surface area contributed by atoms with Crippen molar-refractivity contribution < 1.29 is 9.53 Å². The fraction of sp³-hybridized carbons (Fsp3) is 0.238. The molecule has 2 aromatic carbocycles. The Kier molecular flexibility index (Phi) is 7.89. The molecule has 148 valence electrons. The van der Waals surface area contributed by atoms with E-state index in [0.717, 1.165) is 36.0 Å². The molecule has 1 amide bonds. The molecule has 0 heterocycles. The molecule has 0 bridgehead atoms. The monoisotopic (exact) mass is 400 g/mol. The summed E-state index contributed by atoms with van der Waals surface area (Å²) in [5.41, 5.74) is 8.58. The lowest BCUT2D eigenvalue weighted by atomic mass is 10.1. The van der Waals surface area contributed by atoms with Gasteiger partial charge in [0.1, 0.15) is 5.75 Å². The molecule has 0 saturated carbocycles. The number of nitrogens with one attached hydrogen (secondary N) is 2. The van der Waals surface area contributed by atoms with Crippen molar-refractivity contribution in [3.63, 3.8) is 0 Å². The number of hydrogen-bond acceptors (Lipinski definition) is 4. The molecular formula is C21H25ClN4O2. The van der Waals surface area contributed by atoms with Gasteiger partial charge in [-0.05, 0) is 42.7 Å². The van der Waals surface area contributed by atoms with E-state index in [4.69, 9.17) is 22.1 Å². The van der Waals surface area contributed by atoms with Gasteiger partial charge in [-0.1, -0.05) is 31.0 Å². The van der Waals surface area contributed by atoms with Crippen LogP contribution in [0.25, 0.3) is 0 Å². The smallest absolute Gasteiger partial charge is 0.249 e. The Hall–Kier alpha value is -2.99. The Morgan fingerprint density at radius 3 is 2.71 bits per heavy atom. The predicted molar refractivity (Wildman–Crippen MR) is 117 cm³/mol. The van der Waals surface area contributed by atoms with Crippen LogP contribution in [0.1, 0.15) is 24.5 Å². The van der Waals surface area contributed by atoms with Crippen LogP contribution in [-0.2, 0) is 11.2 Å². The normalized spacial score (nSPS) is 11.1. The van der Waals surface area contributed by atoms with E-state index >= 15 is 0 Å². The maximum absolute atomic E-state index is 12.0. The van der Waals surface area contributed by atoms with Gasteiger partial charge in [0.25, 0.3) is 0 Å². The Morgan fingerprint density at radius 1 is 1.25 bits per heavy atom. The first kappa shape index (κ1) is 21.3. The van der Waals surface area contributed by atoms with Crippen LogP contribution in [0.15, 0.2) is 47.6 Å². The van der Waals surface area contributed by atoms with Crippen LogP contribution in [-0.4, -0.2) is 19.3 Å². The summed E-state index contributed by atoms with van der Waals surface area (Å²) in [7, 11) is 1.85. The SMILES string of the molecule is CCCc1cc(Cl)c(NC(=O)/C=C/N=CN)cc1Oc1ccc(C)cc1NC. The van der Waals surface area contributed by atoms with E-state index in [9.17, 15) is 4.79 Å². The van der Waals surface area contributed by atoms with Crippen molar-refractivity contribution in [2.45, 2.75) is 26.7 Å². The van der Waals surface area contributed by atoms with Gasteiger partial charge in [0.2, 0.25) is 5.91 Å². The molecule has 28 heavy (non-hydrogen) atoms. The maximum atomic E-state index is 12.0. The van der Waals surface area contributed by atoms with Gasteiger partial charge in [-0.25, -0.2) is 4.99 Å². The van der Waals surface area contributed by atoms with Gasteiger partial charge < -0.3 is 21.1 Å². The number of hydrogen-bond donors (Lipinski definition) is 3. The molecule has 0 aromatic heterocycles. The first-order valence-electron chi connectivity index (χ1n) is 8.98. The van der Waals surface area contributed by atoms with Gasteiger partial charge in [0.15, 0.2) is 5.75 Å². The van der Waals surface area contributed by atoms with Gasteiger partial charge in [0, 0.05) is 25.4 Å². The molecule has 6 nitrogen and oxygen atoms in total. The maximum Gasteiger partial charge on any atom is 0.249 e. The molecule has 0 aliphatic carbocycles. The van der Waals surface area contributed by atoms with Crippen molar-refractivity contribution >= 4 is 35.2 Å². The highest BCUT2D eigenvalue weighted by Crippen LogP contribution is 2.37. The highest BCUT2D eigenvalue weighted by atomic mass is 35.5. The third-order valence-electron chi connectivity index (χ3n) is 3.95. The average Bonchev–Trinajstić information content (AvgIpc) is 2.67. The predicted octanol–water partition coefficient (Wildman–Crippen LogP) is 4.87. The van der Waals surface area contributed by atoms with E-state index < -0.39 is 0 Å². The molecule has 0 aliphatic rings. The van der Waals surface area contributed by atoms with E-state index in [1.165, 1.54) is 12.3 Å². The number of carbonyl (C=O) groups is 1. The molecule has 0 atom stereocenters. The third-order valence-corrected chi connectivity index (χ3v) is 4.26. The summed E-state index contributed by atoms with van der Waals surface area (Å²) in [6.45, 7) is 4.10. The van der Waals surface area contributed by atoms with Crippen LogP contribution in [0.3, 0.4) is 0 Å². The Labute approximate surface area is 170 Å². The third kappa shape index (κ3) is 5.76. The van der Waals surface area contributed by atoms with Crippen molar-refractivity contribution in [3.8, 4) is 11.5 Å². The molecule has 0 aliphatic heterocycles. The number of halogens is 1. The van der Waals surface area contributed by atoms with Gasteiger partial charge >= 0.3 is 0 Å². The van der Waals surface area contributed by atoms with Gasteiger partial charge in [-0.15, -0.1) is 0 Å². The lowest BCUT2D eigenvalue weighted by molar-refractivity contribution is -0.111. The van der Waals surface area contributed by atoms with Crippen molar-refractivity contribution in [1.82, 2.24) is 0 Å². The first-order valence-corrected chi connectivity index (χ1v) is 9.35. The highest BCUT2D eigenvalue weighted by molar-refractivity contribution is 6.34. The quantitative estimate of drug-likeness (QED) is 0.335. The zero-order valence-corrected chi connectivity index (χ0v) is 17.0. The molecule has 2 aromatic rings. The molecule has 0 fully saturated rings. The van der Waals surface area contributed by atoms with Gasteiger partial charge in [-0.2, -0.15) is 0 Å². The lowest BCUT2D eigenvalue weighted by Gasteiger charge is -2.17. The summed E-state index contributed by atoms with van der Waals surface area (Å²) in [6.07, 6.45) is 5.40. The summed E-state index contributed by atoms with van der Waals surface area (Å²) in [5, 5.41) is 6.32. The zero-order valence-electron chi connectivity index (χ0n) is 16.3. The first-order chi connectivity index (χ1) is 13.5. The molecule has 0 unspecified atom stereocenters. The van der Waals surface area contributed by atoms with Crippen molar-refractivity contribution in [2.24, 2.45) is 10.7 Å². The van der Waals surface area contributed by atoms with Crippen LogP contribution >= 0.6 is 11.6 Å². The molecule has 7 heteroatoms. The highest BCUT2D eigenvalue weighted by Gasteiger charge is 2.13. The second-order valence-corrected chi connectivity index (χ2v) is 6.55. The number of amides is 1. The summed E-state index contributed by atoms with van der Waals surface area (Å²) >= 11 is 6.37. The Bertz CT molecular complexity index is 894. The molecule has 0 radical (unpaired) electrons. The Morgan fingerprint density at radius 2 is 2.04 bits per heavy atom. The second kappa shape index (κ2) is 10.4. The fourth-order valence-electron chi connectivity index (χ4n) is 2.63. The number of nitrogens with zero attached hydrogens (tertiary/aromatic N) is 1. The molecular weight excluding hydrogens is 376 g/mol. The van der Waals surface area contributed by atoms with Crippen LogP contribution in [0.2, 0.25) is 5.02 Å².